The van der Waals surface area contributed by atoms with E-state index < -0.39 is 9.84 Å². The molecular weight excluding hydrogens is 216 g/mol. The van der Waals surface area contributed by atoms with Crippen LogP contribution in [0.15, 0.2) is 12.4 Å². The van der Waals surface area contributed by atoms with Crippen LogP contribution in [-0.2, 0) is 9.84 Å². The van der Waals surface area contributed by atoms with Crippen molar-refractivity contribution < 1.29 is 8.42 Å². The fourth-order valence-electron chi connectivity index (χ4n) is 1.57. The molecule has 0 aromatic carbocycles. The number of hydrogen-bond acceptors (Lipinski definition) is 6. The quantitative estimate of drug-likeness (QED) is 0.718. The Morgan fingerprint density at radius 1 is 1.47 bits per heavy atom. The SMILES string of the molecule is Nc1cc(N[C@H]2CCS(=O)(=O)C2)ncn1. The average Bonchev–Trinajstić information content (AvgIpc) is 2.45. The summed E-state index contributed by atoms with van der Waals surface area (Å²) in [5.74, 6) is 1.35. The molecule has 3 N–H and O–H groups in total. The van der Waals surface area contributed by atoms with E-state index >= 15 is 0 Å². The van der Waals surface area contributed by atoms with Crippen LogP contribution < -0.4 is 11.1 Å². The van der Waals surface area contributed by atoms with Gasteiger partial charge in [0.25, 0.3) is 0 Å². The van der Waals surface area contributed by atoms with E-state index in [9.17, 15) is 8.42 Å². The summed E-state index contributed by atoms with van der Waals surface area (Å²) in [5.41, 5.74) is 5.48. The van der Waals surface area contributed by atoms with Gasteiger partial charge in [-0.15, -0.1) is 0 Å². The van der Waals surface area contributed by atoms with Crippen molar-refractivity contribution in [3.8, 4) is 0 Å². The fourth-order valence-corrected chi connectivity index (χ4v) is 3.24. The lowest BCUT2D eigenvalue weighted by Crippen LogP contribution is -2.21. The summed E-state index contributed by atoms with van der Waals surface area (Å²) in [6.07, 6.45) is 1.97. The largest absolute Gasteiger partial charge is 0.384 e. The van der Waals surface area contributed by atoms with Gasteiger partial charge in [-0.2, -0.15) is 0 Å². The van der Waals surface area contributed by atoms with Gasteiger partial charge in [-0.25, -0.2) is 18.4 Å². The average molecular weight is 228 g/mol. The fraction of sp³-hybridized carbons (Fsp3) is 0.500. The first-order valence-electron chi connectivity index (χ1n) is 4.60. The Kier molecular flexibility index (Phi) is 2.47. The molecule has 1 fully saturated rings. The minimum atomic E-state index is -2.86. The lowest BCUT2D eigenvalue weighted by atomic mass is 10.2. The zero-order valence-electron chi connectivity index (χ0n) is 8.05. The molecule has 6 nitrogen and oxygen atoms in total. The van der Waals surface area contributed by atoms with Crippen molar-refractivity contribution in [2.45, 2.75) is 12.5 Å². The minimum absolute atomic E-state index is 0.0655. The molecule has 0 saturated carbocycles. The van der Waals surface area contributed by atoms with Gasteiger partial charge in [0.1, 0.15) is 18.0 Å². The van der Waals surface area contributed by atoms with Crippen molar-refractivity contribution in [1.82, 2.24) is 9.97 Å². The Morgan fingerprint density at radius 2 is 2.27 bits per heavy atom. The highest BCUT2D eigenvalue weighted by Crippen LogP contribution is 2.16. The van der Waals surface area contributed by atoms with Gasteiger partial charge in [0.15, 0.2) is 9.84 Å². The third-order valence-corrected chi connectivity index (χ3v) is 4.04. The second-order valence-corrected chi connectivity index (χ2v) is 5.80. The normalized spacial score (nSPS) is 23.9. The summed E-state index contributed by atoms with van der Waals surface area (Å²) < 4.78 is 22.4. The van der Waals surface area contributed by atoms with Gasteiger partial charge in [0.05, 0.1) is 11.5 Å². The number of nitrogens with zero attached hydrogens (tertiary/aromatic N) is 2. The molecule has 2 rings (SSSR count). The first-order chi connectivity index (χ1) is 7.05. The van der Waals surface area contributed by atoms with Gasteiger partial charge in [-0.1, -0.05) is 0 Å². The van der Waals surface area contributed by atoms with Gasteiger partial charge in [-0.05, 0) is 6.42 Å². The predicted octanol–water partition coefficient (Wildman–Crippen LogP) is -0.342. The minimum Gasteiger partial charge on any atom is -0.384 e. The molecule has 0 bridgehead atoms. The van der Waals surface area contributed by atoms with Gasteiger partial charge in [0, 0.05) is 12.1 Å². The summed E-state index contributed by atoms with van der Waals surface area (Å²) in [6.45, 7) is 0. The Hall–Kier alpha value is -1.37. The highest BCUT2D eigenvalue weighted by molar-refractivity contribution is 7.91. The number of nitrogen functional groups attached to an aromatic ring is 1. The standard InChI is InChI=1S/C8H12N4O2S/c9-7-3-8(11-5-10-7)12-6-1-2-15(13,14)4-6/h3,5-6H,1-2,4H2,(H3,9,10,11,12)/t6-/m0/s1. The molecule has 2 heterocycles. The van der Waals surface area contributed by atoms with E-state index in [0.29, 0.717) is 18.1 Å². The highest BCUT2D eigenvalue weighted by Gasteiger charge is 2.27. The van der Waals surface area contributed by atoms with Crippen LogP contribution in [-0.4, -0.2) is 35.9 Å². The second-order valence-electron chi connectivity index (χ2n) is 3.57. The number of sulfone groups is 1. The molecule has 1 saturated heterocycles. The monoisotopic (exact) mass is 228 g/mol. The predicted molar refractivity (Wildman–Crippen MR) is 57.1 cm³/mol. The number of rotatable bonds is 2. The maximum Gasteiger partial charge on any atom is 0.152 e. The van der Waals surface area contributed by atoms with Crippen molar-refractivity contribution in [3.05, 3.63) is 12.4 Å². The number of anilines is 2. The molecule has 1 aliphatic heterocycles. The van der Waals surface area contributed by atoms with Crippen molar-refractivity contribution in [2.24, 2.45) is 0 Å². The van der Waals surface area contributed by atoms with Crippen LogP contribution >= 0.6 is 0 Å². The van der Waals surface area contributed by atoms with Crippen molar-refractivity contribution >= 4 is 21.5 Å². The Labute approximate surface area is 87.8 Å². The van der Waals surface area contributed by atoms with E-state index in [4.69, 9.17) is 5.73 Å². The van der Waals surface area contributed by atoms with E-state index in [1.165, 1.54) is 6.33 Å². The third kappa shape index (κ3) is 2.56. The topological polar surface area (TPSA) is 98.0 Å². The van der Waals surface area contributed by atoms with Crippen LogP contribution in [0.2, 0.25) is 0 Å². The maximum absolute atomic E-state index is 11.2. The molecule has 1 atom stereocenters. The number of nitrogens with two attached hydrogens (primary N) is 1. The van der Waals surface area contributed by atoms with Crippen LogP contribution in [0, 0.1) is 0 Å². The Balaban J connectivity index is 2.05. The van der Waals surface area contributed by atoms with Gasteiger partial charge in [0.2, 0.25) is 0 Å². The number of hydrogen-bond donors (Lipinski definition) is 2. The van der Waals surface area contributed by atoms with E-state index in [2.05, 4.69) is 15.3 Å². The lowest BCUT2D eigenvalue weighted by molar-refractivity contribution is 0.602. The molecule has 1 aliphatic rings. The molecule has 7 heteroatoms. The second kappa shape index (κ2) is 3.65. The van der Waals surface area contributed by atoms with Crippen LogP contribution in [0.4, 0.5) is 11.6 Å². The molecule has 0 aliphatic carbocycles. The third-order valence-electron chi connectivity index (χ3n) is 2.27. The van der Waals surface area contributed by atoms with E-state index in [0.717, 1.165) is 0 Å². The summed E-state index contributed by atoms with van der Waals surface area (Å²) >= 11 is 0. The van der Waals surface area contributed by atoms with Crippen molar-refractivity contribution in [3.63, 3.8) is 0 Å². The summed E-state index contributed by atoms with van der Waals surface area (Å²) in [7, 11) is -2.86. The molecule has 1 aromatic heterocycles. The van der Waals surface area contributed by atoms with Crippen molar-refractivity contribution in [2.75, 3.05) is 22.6 Å². The van der Waals surface area contributed by atoms with Crippen LogP contribution in [0.25, 0.3) is 0 Å². The van der Waals surface area contributed by atoms with Crippen LogP contribution in [0.5, 0.6) is 0 Å². The zero-order chi connectivity index (χ0) is 10.9. The van der Waals surface area contributed by atoms with Gasteiger partial charge < -0.3 is 11.1 Å². The molecule has 0 unspecified atom stereocenters. The van der Waals surface area contributed by atoms with Crippen LogP contribution in [0.3, 0.4) is 0 Å². The zero-order valence-corrected chi connectivity index (χ0v) is 8.87. The molecule has 15 heavy (non-hydrogen) atoms. The summed E-state index contributed by atoms with van der Waals surface area (Å²) in [6, 6.07) is 1.52. The maximum atomic E-state index is 11.2. The van der Waals surface area contributed by atoms with E-state index in [-0.39, 0.29) is 17.5 Å². The smallest absolute Gasteiger partial charge is 0.152 e. The molecular formula is C8H12N4O2S. The van der Waals surface area contributed by atoms with E-state index in [1.807, 2.05) is 0 Å². The molecule has 0 amide bonds. The lowest BCUT2D eigenvalue weighted by Gasteiger charge is -2.10. The van der Waals surface area contributed by atoms with Gasteiger partial charge in [-0.3, -0.25) is 0 Å². The highest BCUT2D eigenvalue weighted by atomic mass is 32.2. The van der Waals surface area contributed by atoms with Crippen molar-refractivity contribution in [1.29, 1.82) is 0 Å². The van der Waals surface area contributed by atoms with Crippen LogP contribution in [0.1, 0.15) is 6.42 Å². The van der Waals surface area contributed by atoms with E-state index in [1.54, 1.807) is 6.07 Å². The first kappa shape index (κ1) is 10.2. The summed E-state index contributed by atoms with van der Waals surface area (Å²) in [5, 5.41) is 3.03. The summed E-state index contributed by atoms with van der Waals surface area (Å²) in [4.78, 5) is 7.71. The number of nitrogens with one attached hydrogen (secondary N) is 1. The van der Waals surface area contributed by atoms with Gasteiger partial charge >= 0.3 is 0 Å². The molecule has 0 radical (unpaired) electrons. The molecule has 1 aromatic rings. The molecule has 82 valence electrons. The Bertz CT molecular complexity index is 459. The molecule has 0 spiro atoms. The Morgan fingerprint density at radius 3 is 2.87 bits per heavy atom. The first-order valence-corrected chi connectivity index (χ1v) is 6.42. The number of aromatic nitrogens is 2.